The molecule has 2 saturated heterocycles. The van der Waals surface area contributed by atoms with E-state index in [1.165, 1.54) is 31.2 Å². The smallest absolute Gasteiger partial charge is 0.490 e. The zero-order valence-electron chi connectivity index (χ0n) is 26.9. The monoisotopic (exact) mass is 741 g/mol. The number of aromatic nitrogens is 2. The van der Waals surface area contributed by atoms with Crippen molar-refractivity contribution in [1.29, 1.82) is 0 Å². The summed E-state index contributed by atoms with van der Waals surface area (Å²) in [6.07, 6.45) is -0.882. The summed E-state index contributed by atoms with van der Waals surface area (Å²) in [5, 5.41) is 32.5. The second-order valence-corrected chi connectivity index (χ2v) is 11.6. The molecule has 2 aromatic heterocycles. The number of anilines is 2. The summed E-state index contributed by atoms with van der Waals surface area (Å²) in [7, 11) is 0. The molecule has 11 nitrogen and oxygen atoms in total. The van der Waals surface area contributed by atoms with Crippen LogP contribution in [0.2, 0.25) is 0 Å². The Kier molecular flexibility index (Phi) is 11.1. The predicted molar refractivity (Wildman–Crippen MR) is 171 cm³/mol. The number of halogens is 8. The molecule has 2 aliphatic heterocycles. The molecule has 2 aromatic carbocycles. The van der Waals surface area contributed by atoms with E-state index in [1.807, 2.05) is 0 Å². The average molecular weight is 742 g/mol. The van der Waals surface area contributed by atoms with Crippen LogP contribution in [0.1, 0.15) is 30.9 Å². The lowest BCUT2D eigenvalue weighted by molar-refractivity contribution is -0.193. The number of nitrogens with zero attached hydrogens (tertiary/aromatic N) is 3. The predicted octanol–water partition coefficient (Wildman–Crippen LogP) is 5.89. The number of aliphatic carboxylic acids is 2. The van der Waals surface area contributed by atoms with Gasteiger partial charge >= 0.3 is 24.3 Å². The molecule has 0 radical (unpaired) electrons. The summed E-state index contributed by atoms with van der Waals surface area (Å²) < 4.78 is 94.7. The van der Waals surface area contributed by atoms with Gasteiger partial charge in [0.1, 0.15) is 28.9 Å². The van der Waals surface area contributed by atoms with Gasteiger partial charge in [-0.2, -0.15) is 26.3 Å². The zero-order valence-corrected chi connectivity index (χ0v) is 26.9. The lowest BCUT2D eigenvalue weighted by Crippen LogP contribution is -2.51. The van der Waals surface area contributed by atoms with E-state index in [9.17, 15) is 40.6 Å². The minimum atomic E-state index is -5.08. The van der Waals surface area contributed by atoms with E-state index in [-0.39, 0.29) is 45.1 Å². The molecule has 2 bridgehead atoms. The number of phenolic OH excluding ortho intramolecular Hbond substituents is 1. The highest BCUT2D eigenvalue weighted by atomic mass is 19.4. The Labute approximate surface area is 288 Å². The number of aromatic hydroxyl groups is 1. The number of aryl methyl sites for hydroxylation is 1. The first-order valence-corrected chi connectivity index (χ1v) is 14.9. The Morgan fingerprint density at radius 1 is 0.981 bits per heavy atom. The molecule has 0 aliphatic carbocycles. The lowest BCUT2D eigenvalue weighted by atomic mass is 9.94. The van der Waals surface area contributed by atoms with Gasteiger partial charge in [0.2, 0.25) is 5.91 Å². The molecule has 2 atom stereocenters. The molecule has 2 fully saturated rings. The fraction of sp³-hybridized carbons (Fsp3) is 0.303. The average Bonchev–Trinajstić information content (AvgIpc) is 3.38. The number of pyridine rings is 2. The molecule has 6 rings (SSSR count). The number of terminal acetylenes is 1. The van der Waals surface area contributed by atoms with Crippen LogP contribution in [0.15, 0.2) is 30.5 Å². The second-order valence-electron chi connectivity index (χ2n) is 11.6. The largest absolute Gasteiger partial charge is 0.508 e. The SMILES string of the molecule is C#Cc1c(F)ccc2cc(O)cc(-c3ncc4c(N5CC6CCC(C5)N6)nc(NC(C)=O)c(C)c4c3F)c12.O=C(O)C(F)(F)F.O=C(O)C(F)(F)F. The number of carbonyl (C=O) groups is 3. The Bertz CT molecular complexity index is 2080. The van der Waals surface area contributed by atoms with Crippen molar-refractivity contribution in [2.45, 2.75) is 51.1 Å². The maximum absolute atomic E-state index is 16.6. The molecule has 2 aliphatic rings. The van der Waals surface area contributed by atoms with Crippen molar-refractivity contribution < 1.29 is 64.8 Å². The van der Waals surface area contributed by atoms with E-state index in [4.69, 9.17) is 31.2 Å². The van der Waals surface area contributed by atoms with Crippen LogP contribution in [-0.4, -0.2) is 80.7 Å². The topological polar surface area (TPSA) is 165 Å². The molecular formula is C33H27F8N5O6. The van der Waals surface area contributed by atoms with E-state index in [2.05, 4.69) is 26.4 Å². The van der Waals surface area contributed by atoms with Gasteiger partial charge in [0.05, 0.1) is 5.56 Å². The van der Waals surface area contributed by atoms with Crippen LogP contribution < -0.4 is 15.5 Å². The van der Waals surface area contributed by atoms with Gasteiger partial charge in [-0.25, -0.2) is 23.4 Å². The molecule has 2 unspecified atom stereocenters. The molecule has 4 aromatic rings. The highest BCUT2D eigenvalue weighted by molar-refractivity contribution is 6.05. The van der Waals surface area contributed by atoms with Gasteiger partial charge < -0.3 is 30.9 Å². The highest BCUT2D eigenvalue weighted by Gasteiger charge is 2.39. The van der Waals surface area contributed by atoms with Crippen molar-refractivity contribution in [2.24, 2.45) is 0 Å². The highest BCUT2D eigenvalue weighted by Crippen LogP contribution is 2.41. The number of hydrogen-bond donors (Lipinski definition) is 5. The Morgan fingerprint density at radius 3 is 2.04 bits per heavy atom. The van der Waals surface area contributed by atoms with Crippen LogP contribution in [0.3, 0.4) is 0 Å². The van der Waals surface area contributed by atoms with Crippen molar-refractivity contribution >= 4 is 51.0 Å². The number of carbonyl (C=O) groups excluding carboxylic acids is 1. The number of amides is 1. The van der Waals surface area contributed by atoms with Gasteiger partial charge in [0.15, 0.2) is 5.82 Å². The summed E-state index contributed by atoms with van der Waals surface area (Å²) in [5.74, 6) is -4.11. The van der Waals surface area contributed by atoms with Gasteiger partial charge in [0.25, 0.3) is 0 Å². The van der Waals surface area contributed by atoms with Crippen molar-refractivity contribution in [2.75, 3.05) is 23.3 Å². The van der Waals surface area contributed by atoms with Gasteiger partial charge in [0, 0.05) is 65.6 Å². The summed E-state index contributed by atoms with van der Waals surface area (Å²) in [6, 6.07) is 6.09. The van der Waals surface area contributed by atoms with Gasteiger partial charge in [-0.1, -0.05) is 12.0 Å². The van der Waals surface area contributed by atoms with E-state index < -0.39 is 35.9 Å². The summed E-state index contributed by atoms with van der Waals surface area (Å²) in [5.41, 5.74) is 0.480. The molecule has 0 spiro atoms. The first-order valence-electron chi connectivity index (χ1n) is 14.9. The number of piperazine rings is 1. The van der Waals surface area contributed by atoms with Gasteiger partial charge in [-0.15, -0.1) is 6.42 Å². The summed E-state index contributed by atoms with van der Waals surface area (Å²) >= 11 is 0. The number of carboxylic acids is 2. The van der Waals surface area contributed by atoms with Crippen LogP contribution in [-0.2, 0) is 14.4 Å². The minimum absolute atomic E-state index is 0.0406. The maximum atomic E-state index is 16.6. The summed E-state index contributed by atoms with van der Waals surface area (Å²) in [4.78, 5) is 41.1. The van der Waals surface area contributed by atoms with Crippen LogP contribution in [0.5, 0.6) is 5.75 Å². The zero-order chi connectivity index (χ0) is 38.9. The Morgan fingerprint density at radius 2 is 1.54 bits per heavy atom. The number of benzene rings is 2. The van der Waals surface area contributed by atoms with Crippen molar-refractivity contribution in [3.63, 3.8) is 0 Å². The molecule has 1 amide bonds. The van der Waals surface area contributed by atoms with Gasteiger partial charge in [-0.3, -0.25) is 9.78 Å². The number of alkyl halides is 6. The third-order valence-electron chi connectivity index (χ3n) is 7.95. The van der Waals surface area contributed by atoms with E-state index in [0.29, 0.717) is 47.3 Å². The van der Waals surface area contributed by atoms with Gasteiger partial charge in [-0.05, 0) is 43.4 Å². The van der Waals surface area contributed by atoms with Crippen LogP contribution >= 0.6 is 0 Å². The molecular weight excluding hydrogens is 714 g/mol. The van der Waals surface area contributed by atoms with Crippen LogP contribution in [0.25, 0.3) is 32.8 Å². The number of rotatable bonds is 3. The number of nitrogens with one attached hydrogen (secondary N) is 2. The number of hydrogen-bond acceptors (Lipinski definition) is 8. The number of phenols is 1. The Balaban J connectivity index is 0.000000367. The first kappa shape index (κ1) is 39.0. The maximum Gasteiger partial charge on any atom is 0.490 e. The lowest BCUT2D eigenvalue weighted by Gasteiger charge is -2.34. The fourth-order valence-corrected chi connectivity index (χ4v) is 5.83. The normalized spacial score (nSPS) is 16.7. The molecule has 19 heteroatoms. The third kappa shape index (κ3) is 8.39. The molecule has 4 heterocycles. The molecule has 52 heavy (non-hydrogen) atoms. The molecule has 0 saturated carbocycles. The summed E-state index contributed by atoms with van der Waals surface area (Å²) in [6.45, 7) is 4.46. The van der Waals surface area contributed by atoms with E-state index >= 15 is 4.39 Å². The van der Waals surface area contributed by atoms with E-state index in [0.717, 1.165) is 12.8 Å². The third-order valence-corrected chi connectivity index (χ3v) is 7.95. The molecule has 5 N–H and O–H groups in total. The number of fused-ring (bicyclic) bond motifs is 4. The Hall–Kier alpha value is -5.77. The number of carboxylic acid groups (broad SMARTS) is 2. The van der Waals surface area contributed by atoms with Crippen LogP contribution in [0, 0.1) is 30.9 Å². The van der Waals surface area contributed by atoms with Crippen LogP contribution in [0.4, 0.5) is 46.8 Å². The minimum Gasteiger partial charge on any atom is -0.508 e. The van der Waals surface area contributed by atoms with Crippen molar-refractivity contribution in [3.8, 4) is 29.4 Å². The first-order chi connectivity index (χ1) is 24.1. The van der Waals surface area contributed by atoms with Crippen molar-refractivity contribution in [1.82, 2.24) is 15.3 Å². The second kappa shape index (κ2) is 14.8. The fourth-order valence-electron chi connectivity index (χ4n) is 5.83. The quantitative estimate of drug-likeness (QED) is 0.126. The van der Waals surface area contributed by atoms with E-state index in [1.54, 1.807) is 13.1 Å². The van der Waals surface area contributed by atoms with Crippen molar-refractivity contribution in [3.05, 3.63) is 53.2 Å². The standard InChI is InChI=1S/C29H25F2N5O2.2C2HF3O2/c1-4-20-23(30)8-5-16-9-19(38)10-21(25(16)20)27-26(31)24-14(2)28(33-15(3)37)35-29(22(24)11-32-27)36-12-17-6-7-18(13-36)34-17;2*3-2(4,5)1(6)7/h1,5,8-11,17-18,34,38H,6-7,12-13H2,2-3H3,(H,33,35,37);2*(H,6,7). The molecule has 276 valence electrons.